The van der Waals surface area contributed by atoms with Gasteiger partial charge in [0, 0.05) is 47.0 Å². The van der Waals surface area contributed by atoms with Crippen LogP contribution in [-0.2, 0) is 19.5 Å². The lowest BCUT2D eigenvalue weighted by Gasteiger charge is -2.26. The second kappa shape index (κ2) is 11.6. The minimum absolute atomic E-state index is 0.301. The Balaban J connectivity index is 1.65. The van der Waals surface area contributed by atoms with Crippen LogP contribution in [0, 0.1) is 0 Å². The van der Waals surface area contributed by atoms with E-state index in [2.05, 4.69) is 78.3 Å². The fourth-order valence-corrected chi connectivity index (χ4v) is 4.80. The predicted octanol–water partition coefficient (Wildman–Crippen LogP) is 8.32. The fourth-order valence-electron chi connectivity index (χ4n) is 4.19. The van der Waals surface area contributed by atoms with E-state index in [9.17, 15) is 0 Å². The average molecular weight is 505 g/mol. The lowest BCUT2D eigenvalue weighted by molar-refractivity contribution is 0.390. The van der Waals surface area contributed by atoms with Crippen LogP contribution < -0.4 is 9.64 Å². The lowest BCUT2D eigenvalue weighted by Crippen LogP contribution is -2.22. The minimum Gasteiger partial charge on any atom is -0.481 e. The number of anilines is 1. The summed E-state index contributed by atoms with van der Waals surface area (Å²) < 4.78 is 5.43. The van der Waals surface area contributed by atoms with Crippen molar-refractivity contribution in [2.45, 2.75) is 39.3 Å². The molecular formula is C30H30Cl2N2O. The molecule has 180 valence electrons. The summed E-state index contributed by atoms with van der Waals surface area (Å²) in [6, 6.07) is 27.0. The van der Waals surface area contributed by atoms with Crippen molar-refractivity contribution in [1.82, 2.24) is 4.98 Å². The van der Waals surface area contributed by atoms with Crippen molar-refractivity contribution in [3.05, 3.63) is 123 Å². The third-order valence-electron chi connectivity index (χ3n) is 6.06. The van der Waals surface area contributed by atoms with Crippen molar-refractivity contribution in [1.29, 1.82) is 0 Å². The largest absolute Gasteiger partial charge is 0.481 e. The zero-order valence-corrected chi connectivity index (χ0v) is 21.9. The van der Waals surface area contributed by atoms with Gasteiger partial charge in [0.25, 0.3) is 0 Å². The molecule has 0 bridgehead atoms. The third kappa shape index (κ3) is 6.36. The molecule has 0 radical (unpaired) electrons. The summed E-state index contributed by atoms with van der Waals surface area (Å²) >= 11 is 13.7. The second-order valence-corrected chi connectivity index (χ2v) is 9.80. The van der Waals surface area contributed by atoms with Gasteiger partial charge < -0.3 is 9.64 Å². The molecule has 0 saturated heterocycles. The Morgan fingerprint density at radius 2 is 1.34 bits per heavy atom. The summed E-state index contributed by atoms with van der Waals surface area (Å²) in [5, 5.41) is 1.31. The first kappa shape index (κ1) is 25.1. The van der Waals surface area contributed by atoms with Gasteiger partial charge in [-0.1, -0.05) is 97.7 Å². The maximum Gasteiger partial charge on any atom is 0.216 e. The molecule has 0 N–H and O–H groups in total. The number of pyridine rings is 1. The highest BCUT2D eigenvalue weighted by atomic mass is 35.5. The summed E-state index contributed by atoms with van der Waals surface area (Å²) in [4.78, 5) is 6.80. The number of aromatic nitrogens is 1. The molecule has 35 heavy (non-hydrogen) atoms. The Kier molecular flexibility index (Phi) is 8.33. The Labute approximate surface area is 218 Å². The van der Waals surface area contributed by atoms with E-state index in [1.807, 2.05) is 30.5 Å². The Morgan fingerprint density at radius 1 is 0.800 bits per heavy atom. The van der Waals surface area contributed by atoms with Crippen molar-refractivity contribution < 1.29 is 4.74 Å². The molecule has 0 amide bonds. The van der Waals surface area contributed by atoms with Gasteiger partial charge in [-0.3, -0.25) is 0 Å². The zero-order chi connectivity index (χ0) is 24.8. The number of methoxy groups -OCH3 is 1. The lowest BCUT2D eigenvalue weighted by atomic mass is 9.99. The molecule has 0 unspecified atom stereocenters. The van der Waals surface area contributed by atoms with E-state index >= 15 is 0 Å². The van der Waals surface area contributed by atoms with Gasteiger partial charge in [0.1, 0.15) is 0 Å². The number of benzene rings is 3. The van der Waals surface area contributed by atoms with E-state index in [-0.39, 0.29) is 0 Å². The molecule has 4 aromatic rings. The van der Waals surface area contributed by atoms with Gasteiger partial charge in [-0.05, 0) is 46.4 Å². The fraction of sp³-hybridized carbons (Fsp3) is 0.233. The summed E-state index contributed by atoms with van der Waals surface area (Å²) in [6.45, 7) is 5.77. The third-order valence-corrected chi connectivity index (χ3v) is 6.73. The first-order chi connectivity index (χ1) is 16.9. The quantitative estimate of drug-likeness (QED) is 0.229. The van der Waals surface area contributed by atoms with Gasteiger partial charge >= 0.3 is 0 Å². The number of nitrogens with zero attached hydrogens (tertiary/aromatic N) is 2. The number of halogens is 2. The maximum absolute atomic E-state index is 6.84. The Morgan fingerprint density at radius 3 is 1.83 bits per heavy atom. The molecule has 1 aromatic heterocycles. The van der Waals surface area contributed by atoms with Crippen LogP contribution in [0.15, 0.2) is 85.1 Å². The van der Waals surface area contributed by atoms with Gasteiger partial charge in [0.2, 0.25) is 5.88 Å². The van der Waals surface area contributed by atoms with Crippen molar-refractivity contribution in [2.75, 3.05) is 12.0 Å². The Bertz CT molecular complexity index is 1200. The molecular weight excluding hydrogens is 475 g/mol. The van der Waals surface area contributed by atoms with Gasteiger partial charge in [0.15, 0.2) is 0 Å². The number of rotatable bonds is 9. The molecule has 5 heteroatoms. The molecule has 0 spiro atoms. The van der Waals surface area contributed by atoms with Crippen LogP contribution in [0.3, 0.4) is 0 Å². The van der Waals surface area contributed by atoms with Gasteiger partial charge in [-0.15, -0.1) is 0 Å². The Hall–Kier alpha value is -3.01. The molecule has 0 aliphatic carbocycles. The SMILES string of the molecule is COc1ncc(Cc2c(Cl)cc(N(Cc3ccccc3)Cc3ccccc3)cc2Cl)cc1C(C)C. The van der Waals surface area contributed by atoms with Crippen LogP contribution in [0.1, 0.15) is 47.6 Å². The molecule has 0 aliphatic heterocycles. The van der Waals surface area contributed by atoms with E-state index in [4.69, 9.17) is 27.9 Å². The topological polar surface area (TPSA) is 25.4 Å². The van der Waals surface area contributed by atoms with E-state index in [0.717, 1.165) is 35.5 Å². The molecule has 4 rings (SSSR count). The van der Waals surface area contributed by atoms with Crippen molar-refractivity contribution in [3.63, 3.8) is 0 Å². The molecule has 0 aliphatic rings. The van der Waals surface area contributed by atoms with Crippen LogP contribution in [0.5, 0.6) is 5.88 Å². The average Bonchev–Trinajstić information content (AvgIpc) is 2.87. The summed E-state index contributed by atoms with van der Waals surface area (Å²) in [5.41, 5.74) is 6.48. The first-order valence-electron chi connectivity index (χ1n) is 11.8. The molecule has 0 atom stereocenters. The number of hydrogen-bond acceptors (Lipinski definition) is 3. The van der Waals surface area contributed by atoms with Gasteiger partial charge in [-0.25, -0.2) is 4.98 Å². The molecule has 3 aromatic carbocycles. The zero-order valence-electron chi connectivity index (χ0n) is 20.3. The maximum atomic E-state index is 6.84. The number of hydrogen-bond donors (Lipinski definition) is 0. The normalized spacial score (nSPS) is 11.0. The number of ether oxygens (including phenoxy) is 1. The van der Waals surface area contributed by atoms with E-state index in [0.29, 0.717) is 28.3 Å². The summed E-state index contributed by atoms with van der Waals surface area (Å²) in [7, 11) is 1.65. The van der Waals surface area contributed by atoms with Crippen molar-refractivity contribution in [3.8, 4) is 5.88 Å². The van der Waals surface area contributed by atoms with Crippen molar-refractivity contribution >= 4 is 28.9 Å². The van der Waals surface area contributed by atoms with Crippen LogP contribution in [0.2, 0.25) is 10.0 Å². The highest BCUT2D eigenvalue weighted by Gasteiger charge is 2.16. The monoisotopic (exact) mass is 504 g/mol. The molecule has 1 heterocycles. The summed E-state index contributed by atoms with van der Waals surface area (Å²) in [6.07, 6.45) is 2.44. The van der Waals surface area contributed by atoms with Crippen LogP contribution in [0.4, 0.5) is 5.69 Å². The highest BCUT2D eigenvalue weighted by molar-refractivity contribution is 6.36. The van der Waals surface area contributed by atoms with Gasteiger partial charge in [-0.2, -0.15) is 0 Å². The second-order valence-electron chi connectivity index (χ2n) is 8.99. The van der Waals surface area contributed by atoms with Crippen LogP contribution in [-0.4, -0.2) is 12.1 Å². The van der Waals surface area contributed by atoms with Crippen LogP contribution in [0.25, 0.3) is 0 Å². The van der Waals surface area contributed by atoms with E-state index < -0.39 is 0 Å². The van der Waals surface area contributed by atoms with Gasteiger partial charge in [0.05, 0.1) is 7.11 Å². The first-order valence-corrected chi connectivity index (χ1v) is 12.5. The van der Waals surface area contributed by atoms with E-state index in [1.165, 1.54) is 11.1 Å². The molecule has 0 saturated carbocycles. The smallest absolute Gasteiger partial charge is 0.216 e. The minimum atomic E-state index is 0.301. The van der Waals surface area contributed by atoms with Crippen LogP contribution >= 0.6 is 23.2 Å². The highest BCUT2D eigenvalue weighted by Crippen LogP contribution is 2.35. The molecule has 3 nitrogen and oxygen atoms in total. The molecule has 0 fully saturated rings. The van der Waals surface area contributed by atoms with Crippen molar-refractivity contribution in [2.24, 2.45) is 0 Å². The predicted molar refractivity (Wildman–Crippen MR) is 147 cm³/mol. The van der Waals surface area contributed by atoms with E-state index in [1.54, 1.807) is 7.11 Å². The summed E-state index contributed by atoms with van der Waals surface area (Å²) in [5.74, 6) is 0.962. The standard InChI is InChI=1S/C30H30Cl2N2O/c1-21(2)26-14-24(18-33-30(26)35-3)15-27-28(31)16-25(17-29(27)32)34(19-22-10-6-4-7-11-22)20-23-12-8-5-9-13-23/h4-14,16-18,21H,15,19-20H2,1-3H3.